The van der Waals surface area contributed by atoms with Gasteiger partial charge in [-0.25, -0.2) is 4.39 Å². The minimum atomic E-state index is -0.533. The molecule has 5 heteroatoms. The predicted molar refractivity (Wildman–Crippen MR) is 89.0 cm³/mol. The first-order valence-electron chi connectivity index (χ1n) is 8.57. The van der Waals surface area contributed by atoms with Crippen LogP contribution in [-0.2, 0) is 4.79 Å². The molecule has 1 amide bonds. The van der Waals surface area contributed by atoms with E-state index in [0.29, 0.717) is 12.2 Å². The molecule has 0 aromatic heterocycles. The molecule has 0 saturated carbocycles. The third-order valence-corrected chi connectivity index (χ3v) is 4.23. The Labute approximate surface area is 138 Å². The summed E-state index contributed by atoms with van der Waals surface area (Å²) in [6.07, 6.45) is 3.18. The lowest BCUT2D eigenvalue weighted by Crippen LogP contribution is -2.48. The summed E-state index contributed by atoms with van der Waals surface area (Å²) in [6, 6.07) is 6.00. The van der Waals surface area contributed by atoms with Crippen LogP contribution in [0.15, 0.2) is 24.3 Å². The second-order valence-electron chi connectivity index (χ2n) is 6.09. The molecule has 0 unspecified atom stereocenters. The van der Waals surface area contributed by atoms with Crippen LogP contribution in [0.1, 0.15) is 39.5 Å². The average Bonchev–Trinajstić information content (AvgIpc) is 2.56. The number of halogens is 1. The molecule has 1 aliphatic heterocycles. The molecule has 0 spiro atoms. The van der Waals surface area contributed by atoms with Gasteiger partial charge >= 0.3 is 0 Å². The molecular weight excluding hydrogens is 295 g/mol. The molecule has 23 heavy (non-hydrogen) atoms. The Bertz CT molecular complexity index is 484. The highest BCUT2D eigenvalue weighted by Crippen LogP contribution is 2.16. The number of likely N-dealkylation sites (tertiary alicyclic amines) is 1. The Morgan fingerprint density at radius 2 is 1.96 bits per heavy atom. The van der Waals surface area contributed by atoms with Crippen molar-refractivity contribution in [2.24, 2.45) is 0 Å². The quantitative estimate of drug-likeness (QED) is 0.839. The number of benzene rings is 1. The summed E-state index contributed by atoms with van der Waals surface area (Å²) >= 11 is 0. The summed E-state index contributed by atoms with van der Waals surface area (Å²) in [5.41, 5.74) is 0. The van der Waals surface area contributed by atoms with E-state index < -0.39 is 6.10 Å². The van der Waals surface area contributed by atoms with Crippen LogP contribution < -0.4 is 10.1 Å². The van der Waals surface area contributed by atoms with Crippen molar-refractivity contribution in [1.29, 1.82) is 0 Å². The van der Waals surface area contributed by atoms with E-state index in [1.807, 2.05) is 6.92 Å². The molecule has 0 aliphatic carbocycles. The minimum Gasteiger partial charge on any atom is -0.481 e. The highest BCUT2D eigenvalue weighted by atomic mass is 19.1. The van der Waals surface area contributed by atoms with Gasteiger partial charge in [-0.2, -0.15) is 0 Å². The van der Waals surface area contributed by atoms with Gasteiger partial charge in [-0.1, -0.05) is 13.8 Å². The molecule has 2 rings (SSSR count). The fraction of sp³-hybridized carbons (Fsp3) is 0.611. The molecule has 1 aliphatic rings. The Kier molecular flexibility index (Phi) is 6.84. The first-order chi connectivity index (χ1) is 11.1. The van der Waals surface area contributed by atoms with Gasteiger partial charge in [0.2, 0.25) is 0 Å². The number of piperidine rings is 1. The van der Waals surface area contributed by atoms with E-state index in [4.69, 9.17) is 4.74 Å². The SMILES string of the molecule is CCCN1CCC(NC(=O)[C@@H](CC)Oc2ccc(F)cc2)CC1. The lowest BCUT2D eigenvalue weighted by Gasteiger charge is -2.32. The fourth-order valence-electron chi connectivity index (χ4n) is 2.91. The second-order valence-corrected chi connectivity index (χ2v) is 6.09. The molecule has 1 saturated heterocycles. The number of amides is 1. The molecule has 128 valence electrons. The van der Waals surface area contributed by atoms with Crippen LogP contribution in [0.3, 0.4) is 0 Å². The molecule has 0 bridgehead atoms. The molecule has 1 N–H and O–H groups in total. The van der Waals surface area contributed by atoms with Crippen molar-refractivity contribution < 1.29 is 13.9 Å². The van der Waals surface area contributed by atoms with Crippen LogP contribution in [0.4, 0.5) is 4.39 Å². The minimum absolute atomic E-state index is 0.0780. The van der Waals surface area contributed by atoms with Crippen molar-refractivity contribution in [2.45, 2.75) is 51.7 Å². The first-order valence-corrected chi connectivity index (χ1v) is 8.57. The standard InChI is InChI=1S/C18H27FN2O2/c1-3-11-21-12-9-15(10-13-21)20-18(22)17(4-2)23-16-7-5-14(19)6-8-16/h5-8,15,17H,3-4,9-13H2,1-2H3,(H,20,22)/t17-/m1/s1. The van der Waals surface area contributed by atoms with E-state index in [2.05, 4.69) is 17.1 Å². The summed E-state index contributed by atoms with van der Waals surface area (Å²) in [5.74, 6) is 0.130. The maximum atomic E-state index is 12.9. The van der Waals surface area contributed by atoms with Crippen LogP contribution in [0, 0.1) is 5.82 Å². The van der Waals surface area contributed by atoms with Gasteiger partial charge in [0, 0.05) is 19.1 Å². The zero-order valence-electron chi connectivity index (χ0n) is 14.1. The zero-order chi connectivity index (χ0) is 16.7. The summed E-state index contributed by atoms with van der Waals surface area (Å²) in [6.45, 7) is 7.30. The van der Waals surface area contributed by atoms with Crippen LogP contribution in [-0.4, -0.2) is 42.6 Å². The van der Waals surface area contributed by atoms with Crippen LogP contribution in [0.25, 0.3) is 0 Å². The number of rotatable bonds is 7. The van der Waals surface area contributed by atoms with Crippen molar-refractivity contribution >= 4 is 5.91 Å². The molecule has 1 aromatic rings. The zero-order valence-corrected chi connectivity index (χ0v) is 14.1. The number of ether oxygens (including phenoxy) is 1. The number of nitrogens with zero attached hydrogens (tertiary/aromatic N) is 1. The van der Waals surface area contributed by atoms with Gasteiger partial charge in [0.25, 0.3) is 5.91 Å². The Morgan fingerprint density at radius 1 is 1.30 bits per heavy atom. The van der Waals surface area contributed by atoms with E-state index >= 15 is 0 Å². The van der Waals surface area contributed by atoms with Crippen LogP contribution in [0.5, 0.6) is 5.75 Å². The lowest BCUT2D eigenvalue weighted by molar-refractivity contribution is -0.129. The highest BCUT2D eigenvalue weighted by molar-refractivity contribution is 5.81. The van der Waals surface area contributed by atoms with E-state index in [1.165, 1.54) is 18.6 Å². The van der Waals surface area contributed by atoms with Crippen molar-refractivity contribution in [1.82, 2.24) is 10.2 Å². The molecular formula is C18H27FN2O2. The topological polar surface area (TPSA) is 41.6 Å². The van der Waals surface area contributed by atoms with Gasteiger partial charge in [0.1, 0.15) is 11.6 Å². The van der Waals surface area contributed by atoms with Crippen LogP contribution >= 0.6 is 0 Å². The molecule has 1 heterocycles. The average molecular weight is 322 g/mol. The number of nitrogens with one attached hydrogen (secondary N) is 1. The van der Waals surface area contributed by atoms with Crippen molar-refractivity contribution in [2.75, 3.05) is 19.6 Å². The summed E-state index contributed by atoms with van der Waals surface area (Å²) < 4.78 is 18.6. The van der Waals surface area contributed by atoms with Crippen LogP contribution in [0.2, 0.25) is 0 Å². The van der Waals surface area contributed by atoms with Crippen molar-refractivity contribution in [3.05, 3.63) is 30.1 Å². The Balaban J connectivity index is 1.82. The second kappa shape index (κ2) is 8.87. The van der Waals surface area contributed by atoms with E-state index in [1.54, 1.807) is 12.1 Å². The Morgan fingerprint density at radius 3 is 2.52 bits per heavy atom. The summed E-state index contributed by atoms with van der Waals surface area (Å²) in [7, 11) is 0. The number of carbonyl (C=O) groups is 1. The van der Waals surface area contributed by atoms with Gasteiger partial charge in [0.05, 0.1) is 0 Å². The van der Waals surface area contributed by atoms with Gasteiger partial charge in [0.15, 0.2) is 6.10 Å². The Hall–Kier alpha value is -1.62. The fourth-order valence-corrected chi connectivity index (χ4v) is 2.91. The number of carbonyl (C=O) groups excluding carboxylic acids is 1. The third kappa shape index (κ3) is 5.50. The highest BCUT2D eigenvalue weighted by Gasteiger charge is 2.24. The molecule has 1 fully saturated rings. The number of hydrogen-bond acceptors (Lipinski definition) is 3. The van der Waals surface area contributed by atoms with Gasteiger partial charge in [-0.15, -0.1) is 0 Å². The smallest absolute Gasteiger partial charge is 0.261 e. The maximum Gasteiger partial charge on any atom is 0.261 e. The molecule has 1 atom stereocenters. The predicted octanol–water partition coefficient (Wildman–Crippen LogP) is 2.97. The van der Waals surface area contributed by atoms with E-state index in [9.17, 15) is 9.18 Å². The van der Waals surface area contributed by atoms with Crippen molar-refractivity contribution in [3.63, 3.8) is 0 Å². The summed E-state index contributed by atoms with van der Waals surface area (Å²) in [4.78, 5) is 14.8. The largest absolute Gasteiger partial charge is 0.481 e. The van der Waals surface area contributed by atoms with Gasteiger partial charge in [-0.05, 0) is 56.5 Å². The third-order valence-electron chi connectivity index (χ3n) is 4.23. The molecule has 4 nitrogen and oxygen atoms in total. The van der Waals surface area contributed by atoms with Gasteiger partial charge < -0.3 is 15.0 Å². The monoisotopic (exact) mass is 322 g/mol. The van der Waals surface area contributed by atoms with E-state index in [-0.39, 0.29) is 17.8 Å². The number of hydrogen-bond donors (Lipinski definition) is 1. The van der Waals surface area contributed by atoms with E-state index in [0.717, 1.165) is 32.5 Å². The normalized spacial score (nSPS) is 17.7. The summed E-state index contributed by atoms with van der Waals surface area (Å²) in [5, 5.41) is 3.10. The molecule has 0 radical (unpaired) electrons. The molecule has 1 aromatic carbocycles. The lowest BCUT2D eigenvalue weighted by atomic mass is 10.0. The van der Waals surface area contributed by atoms with Crippen molar-refractivity contribution in [3.8, 4) is 5.75 Å². The van der Waals surface area contributed by atoms with Gasteiger partial charge in [-0.3, -0.25) is 4.79 Å². The first kappa shape index (κ1) is 17.7. The maximum absolute atomic E-state index is 12.9.